The highest BCUT2D eigenvalue weighted by Gasteiger charge is 2.16. The lowest BCUT2D eigenvalue weighted by Gasteiger charge is -1.92. The predicted molar refractivity (Wildman–Crippen MR) is 47.4 cm³/mol. The van der Waals surface area contributed by atoms with Crippen LogP contribution >= 0.6 is 11.6 Å². The molecule has 0 aliphatic carbocycles. The minimum absolute atomic E-state index is 0.115. The maximum atomic E-state index is 11.1. The normalized spacial score (nSPS) is 11.5. The molecule has 0 saturated carbocycles. The highest BCUT2D eigenvalue weighted by molar-refractivity contribution is 6.34. The fourth-order valence-electron chi connectivity index (χ4n) is 1.13. The molecule has 2 rings (SSSR count). The molecule has 0 aliphatic heterocycles. The fraction of sp³-hybridized carbons (Fsp3) is 0. The number of oxime groups is 1. The summed E-state index contributed by atoms with van der Waals surface area (Å²) in [6.07, 6.45) is 1.14. The second-order valence-electron chi connectivity index (χ2n) is 2.51. The number of fused-ring (bicyclic) bond motifs is 1. The van der Waals surface area contributed by atoms with Crippen LogP contribution in [0.5, 0.6) is 0 Å². The van der Waals surface area contributed by atoms with Crippen LogP contribution in [0.3, 0.4) is 0 Å². The van der Waals surface area contributed by atoms with Gasteiger partial charge in [-0.15, -0.1) is 0 Å². The lowest BCUT2D eigenvalue weighted by atomic mass is 10.2. The van der Waals surface area contributed by atoms with Gasteiger partial charge in [0.05, 0.1) is 16.8 Å². The molecule has 0 amide bonds. The van der Waals surface area contributed by atoms with Crippen molar-refractivity contribution in [1.82, 2.24) is 5.16 Å². The second-order valence-corrected chi connectivity index (χ2v) is 2.92. The van der Waals surface area contributed by atoms with Gasteiger partial charge in [-0.05, 0) is 17.0 Å². The summed E-state index contributed by atoms with van der Waals surface area (Å²) in [5.41, 5.74) is 0.819. The van der Waals surface area contributed by atoms with E-state index in [-0.39, 0.29) is 21.0 Å². The van der Waals surface area contributed by atoms with Crippen molar-refractivity contribution in [3.05, 3.63) is 27.9 Å². The Morgan fingerprint density at radius 3 is 3.14 bits per heavy atom. The molecule has 7 heteroatoms. The van der Waals surface area contributed by atoms with Crippen molar-refractivity contribution in [2.75, 3.05) is 0 Å². The summed E-state index contributed by atoms with van der Waals surface area (Å²) in [6.45, 7) is 0. The molecule has 1 heterocycles. The van der Waals surface area contributed by atoms with Crippen LogP contribution in [0.25, 0.3) is 11.0 Å². The van der Waals surface area contributed by atoms with Crippen LogP contribution in [0.1, 0.15) is 5.56 Å². The minimum atomic E-state index is 0.115. The first-order chi connectivity index (χ1) is 6.74. The van der Waals surface area contributed by atoms with Gasteiger partial charge in [-0.25, -0.2) is 0 Å². The third-order valence-electron chi connectivity index (χ3n) is 1.72. The average molecular weight is 214 g/mol. The Morgan fingerprint density at radius 1 is 1.64 bits per heavy atom. The van der Waals surface area contributed by atoms with E-state index in [2.05, 4.69) is 14.9 Å². The molecule has 0 atom stereocenters. The number of benzene rings is 1. The van der Waals surface area contributed by atoms with E-state index in [0.717, 1.165) is 6.21 Å². The van der Waals surface area contributed by atoms with Crippen molar-refractivity contribution in [3.8, 4) is 0 Å². The summed E-state index contributed by atoms with van der Waals surface area (Å²) in [7, 11) is 0. The van der Waals surface area contributed by atoms with E-state index in [1.54, 1.807) is 6.07 Å². The summed E-state index contributed by atoms with van der Waals surface area (Å²) >= 11 is 5.75. The second kappa shape index (κ2) is 3.15. The van der Waals surface area contributed by atoms with Gasteiger partial charge in [0, 0.05) is 5.16 Å². The van der Waals surface area contributed by atoms with Crippen LogP contribution in [0, 0.1) is 5.21 Å². The fourth-order valence-corrected chi connectivity index (χ4v) is 1.35. The zero-order valence-corrected chi connectivity index (χ0v) is 7.47. The molecule has 14 heavy (non-hydrogen) atoms. The number of halogens is 1. The molecule has 0 unspecified atom stereocenters. The zero-order chi connectivity index (χ0) is 10.1. The maximum Gasteiger partial charge on any atom is 0.258 e. The van der Waals surface area contributed by atoms with Crippen molar-refractivity contribution in [2.45, 2.75) is 0 Å². The Kier molecular flexibility index (Phi) is 1.97. The zero-order valence-electron chi connectivity index (χ0n) is 6.72. The summed E-state index contributed by atoms with van der Waals surface area (Å²) in [5.74, 6) is 0. The van der Waals surface area contributed by atoms with Crippen LogP contribution in [-0.2, 0) is 0 Å². The highest BCUT2D eigenvalue weighted by Crippen LogP contribution is 2.21. The van der Waals surface area contributed by atoms with E-state index < -0.39 is 0 Å². The number of hydrogen-bond acceptors (Lipinski definition) is 5. The summed E-state index contributed by atoms with van der Waals surface area (Å²) in [5, 5.41) is 25.9. The van der Waals surface area contributed by atoms with Gasteiger partial charge < -0.3 is 10.4 Å². The molecule has 6 nitrogen and oxygen atoms in total. The Hall–Kier alpha value is -1.82. The van der Waals surface area contributed by atoms with Crippen LogP contribution in [0.2, 0.25) is 5.02 Å². The Labute approximate surface area is 82.5 Å². The van der Waals surface area contributed by atoms with Gasteiger partial charge in [0.2, 0.25) is 5.52 Å². The van der Waals surface area contributed by atoms with E-state index in [1.165, 1.54) is 6.07 Å². The maximum absolute atomic E-state index is 11.1. The van der Waals surface area contributed by atoms with Gasteiger partial charge >= 0.3 is 0 Å². The molecule has 2 aromatic rings. The van der Waals surface area contributed by atoms with Crippen molar-refractivity contribution < 1.29 is 14.7 Å². The van der Waals surface area contributed by atoms with E-state index >= 15 is 0 Å². The van der Waals surface area contributed by atoms with Gasteiger partial charge in [-0.1, -0.05) is 16.8 Å². The summed E-state index contributed by atoms with van der Waals surface area (Å²) in [4.78, 5) is 0.201. The molecule has 0 aliphatic rings. The molecule has 1 N–H and O–H groups in total. The van der Waals surface area contributed by atoms with E-state index in [0.29, 0.717) is 5.56 Å². The SMILES string of the molecule is [O-][n+]1onc2c(/C=N/O)ccc(Cl)c21. The Morgan fingerprint density at radius 2 is 2.43 bits per heavy atom. The van der Waals surface area contributed by atoms with Crippen LogP contribution in [0.15, 0.2) is 21.9 Å². The van der Waals surface area contributed by atoms with E-state index in [4.69, 9.17) is 16.8 Å². The van der Waals surface area contributed by atoms with Crippen molar-refractivity contribution in [2.24, 2.45) is 5.16 Å². The molecule has 0 spiro atoms. The van der Waals surface area contributed by atoms with Crippen molar-refractivity contribution in [1.29, 1.82) is 0 Å². The molecular weight excluding hydrogens is 210 g/mol. The summed E-state index contributed by atoms with van der Waals surface area (Å²) < 4.78 is 4.37. The molecule has 0 radical (unpaired) electrons. The molecule has 1 aromatic carbocycles. The molecule has 0 fully saturated rings. The number of nitrogens with zero attached hydrogens (tertiary/aromatic N) is 3. The highest BCUT2D eigenvalue weighted by atomic mass is 35.5. The van der Waals surface area contributed by atoms with Crippen molar-refractivity contribution in [3.63, 3.8) is 0 Å². The minimum Gasteiger partial charge on any atom is -0.411 e. The van der Waals surface area contributed by atoms with Gasteiger partial charge in [0.25, 0.3) is 5.52 Å². The average Bonchev–Trinajstić information content (AvgIpc) is 2.54. The third kappa shape index (κ3) is 1.16. The summed E-state index contributed by atoms with van der Waals surface area (Å²) in [6, 6.07) is 3.05. The van der Waals surface area contributed by atoms with Crippen LogP contribution < -0.4 is 4.90 Å². The van der Waals surface area contributed by atoms with Gasteiger partial charge in [0.1, 0.15) is 0 Å². The van der Waals surface area contributed by atoms with Crippen molar-refractivity contribution >= 4 is 28.8 Å². The quantitative estimate of drug-likeness (QED) is 0.330. The number of aromatic nitrogens is 2. The lowest BCUT2D eigenvalue weighted by molar-refractivity contribution is -0.782. The molecule has 1 aromatic heterocycles. The molecule has 0 bridgehead atoms. The molecule has 72 valence electrons. The van der Waals surface area contributed by atoms with Gasteiger partial charge in [-0.2, -0.15) is 0 Å². The van der Waals surface area contributed by atoms with Crippen LogP contribution in [0.4, 0.5) is 0 Å². The first kappa shape index (κ1) is 8.76. The monoisotopic (exact) mass is 213 g/mol. The molecule has 0 saturated heterocycles. The lowest BCUT2D eigenvalue weighted by Crippen LogP contribution is -2.22. The topological polar surface area (TPSA) is 85.6 Å². The number of hydrogen-bond donors (Lipinski definition) is 1. The first-order valence-electron chi connectivity index (χ1n) is 3.59. The van der Waals surface area contributed by atoms with Gasteiger partial charge in [0.15, 0.2) is 0 Å². The van der Waals surface area contributed by atoms with Crippen LogP contribution in [-0.4, -0.2) is 16.6 Å². The predicted octanol–water partition coefficient (Wildman–Crippen LogP) is 0.923. The standard InChI is InChI=1S/C7H4ClN3O3/c8-5-2-1-4(3-9-12)6-7(5)11(13)14-10-6/h1-3,12H/b9-3+. The van der Waals surface area contributed by atoms with E-state index in [1.807, 2.05) is 0 Å². The largest absolute Gasteiger partial charge is 0.411 e. The molecular formula is C7H4ClN3O3. The van der Waals surface area contributed by atoms with Gasteiger partial charge in [-0.3, -0.25) is 4.63 Å². The first-order valence-corrected chi connectivity index (χ1v) is 3.97. The Bertz CT molecular complexity index is 508. The number of rotatable bonds is 1. The van der Waals surface area contributed by atoms with E-state index in [9.17, 15) is 5.21 Å². The smallest absolute Gasteiger partial charge is 0.258 e. The third-order valence-corrected chi connectivity index (χ3v) is 2.02. The Balaban J connectivity index is 2.83.